The minimum Gasteiger partial charge on any atom is -0.476 e. The molecule has 0 unspecified atom stereocenters. The molecule has 0 atom stereocenters. The van der Waals surface area contributed by atoms with Gasteiger partial charge in [0.05, 0.1) is 5.56 Å². The molecule has 1 saturated heterocycles. The largest absolute Gasteiger partial charge is 0.476 e. The highest BCUT2D eigenvalue weighted by Gasteiger charge is 2.32. The summed E-state index contributed by atoms with van der Waals surface area (Å²) in [6, 6.07) is 8.50. The van der Waals surface area contributed by atoms with Crippen molar-refractivity contribution in [3.05, 3.63) is 58.8 Å². The van der Waals surface area contributed by atoms with Gasteiger partial charge in [0.2, 0.25) is 0 Å². The summed E-state index contributed by atoms with van der Waals surface area (Å²) in [5.74, 6) is -0.582. The van der Waals surface area contributed by atoms with E-state index in [1.54, 1.807) is 18.2 Å². The Morgan fingerprint density at radius 3 is 2.35 bits per heavy atom. The lowest BCUT2D eigenvalue weighted by molar-refractivity contribution is -0.137. The van der Waals surface area contributed by atoms with E-state index < -0.39 is 17.7 Å². The van der Waals surface area contributed by atoms with E-state index in [1.165, 1.54) is 18.2 Å². The van der Waals surface area contributed by atoms with Crippen molar-refractivity contribution in [2.45, 2.75) is 19.0 Å². The van der Waals surface area contributed by atoms with E-state index in [1.807, 2.05) is 4.90 Å². The monoisotopic (exact) mass is 363 g/mol. The lowest BCUT2D eigenvalue weighted by Gasteiger charge is -2.29. The fraction of sp³-hybridized carbons (Fsp3) is 0.278. The Labute approximate surface area is 147 Å². The average Bonchev–Trinajstić information content (AvgIpc) is 2.62. The highest BCUT2D eigenvalue weighted by atomic mass is 19.4. The van der Waals surface area contributed by atoms with Crippen LogP contribution in [0.3, 0.4) is 0 Å². The molecule has 2 heterocycles. The number of hydrogen-bond acceptors (Lipinski definition) is 4. The van der Waals surface area contributed by atoms with E-state index in [2.05, 4.69) is 10.2 Å². The third-order valence-corrected chi connectivity index (χ3v) is 4.23. The summed E-state index contributed by atoms with van der Waals surface area (Å²) in [7, 11) is 0. The van der Waals surface area contributed by atoms with Gasteiger partial charge in [-0.15, -0.1) is 10.2 Å². The zero-order valence-electron chi connectivity index (χ0n) is 13.7. The minimum atomic E-state index is -4.38. The fourth-order valence-electron chi connectivity index (χ4n) is 2.88. The second kappa shape index (κ2) is 7.15. The first-order valence-corrected chi connectivity index (χ1v) is 8.02. The van der Waals surface area contributed by atoms with E-state index in [9.17, 15) is 18.0 Å². The highest BCUT2D eigenvalue weighted by Crippen LogP contribution is 2.33. The minimum absolute atomic E-state index is 0.130. The first kappa shape index (κ1) is 17.9. The predicted octanol–water partition coefficient (Wildman–Crippen LogP) is 3.88. The molecule has 5 nitrogen and oxygen atoms in total. The summed E-state index contributed by atoms with van der Waals surface area (Å²) >= 11 is 0. The van der Waals surface area contributed by atoms with Gasteiger partial charge in [0, 0.05) is 13.1 Å². The number of rotatable bonds is 3. The average molecular weight is 363 g/mol. The van der Waals surface area contributed by atoms with E-state index >= 15 is 0 Å². The summed E-state index contributed by atoms with van der Waals surface area (Å²) in [4.78, 5) is 12.7. The maximum Gasteiger partial charge on any atom is 0.416 e. The molecule has 1 aliphatic rings. The van der Waals surface area contributed by atoms with Crippen LogP contribution < -0.4 is 4.90 Å². The van der Waals surface area contributed by atoms with Gasteiger partial charge in [-0.3, -0.25) is 0 Å². The maximum absolute atomic E-state index is 13.1. The molecule has 1 aromatic carbocycles. The summed E-state index contributed by atoms with van der Waals surface area (Å²) in [5.41, 5.74) is 0.349. The van der Waals surface area contributed by atoms with Gasteiger partial charge in [-0.25, -0.2) is 4.79 Å². The van der Waals surface area contributed by atoms with E-state index in [4.69, 9.17) is 5.11 Å². The van der Waals surface area contributed by atoms with Crippen LogP contribution in [0.1, 0.15) is 34.5 Å². The van der Waals surface area contributed by atoms with Crippen LogP contribution in [-0.2, 0) is 6.18 Å². The number of carboxylic acids is 1. The third kappa shape index (κ3) is 4.01. The fourth-order valence-corrected chi connectivity index (χ4v) is 2.88. The molecule has 0 saturated carbocycles. The quantitative estimate of drug-likeness (QED) is 0.897. The van der Waals surface area contributed by atoms with Crippen LogP contribution in [0.4, 0.5) is 19.0 Å². The van der Waals surface area contributed by atoms with Gasteiger partial charge in [0.1, 0.15) is 0 Å². The Kier molecular flexibility index (Phi) is 4.92. The van der Waals surface area contributed by atoms with Crippen molar-refractivity contribution < 1.29 is 23.1 Å². The van der Waals surface area contributed by atoms with Crippen LogP contribution in [0.5, 0.6) is 0 Å². The summed E-state index contributed by atoms with van der Waals surface area (Å²) in [5, 5.41) is 16.4. The molecule has 0 radical (unpaired) electrons. The third-order valence-electron chi connectivity index (χ3n) is 4.23. The molecule has 0 amide bonds. The van der Waals surface area contributed by atoms with Crippen LogP contribution in [0.2, 0.25) is 0 Å². The van der Waals surface area contributed by atoms with E-state index in [0.717, 1.165) is 11.6 Å². The van der Waals surface area contributed by atoms with Gasteiger partial charge in [-0.05, 0) is 36.6 Å². The molecule has 0 bridgehead atoms. The zero-order valence-corrected chi connectivity index (χ0v) is 13.7. The van der Waals surface area contributed by atoms with Gasteiger partial charge in [-0.2, -0.15) is 13.2 Å². The first-order valence-electron chi connectivity index (χ1n) is 8.02. The molecule has 26 heavy (non-hydrogen) atoms. The van der Waals surface area contributed by atoms with Gasteiger partial charge in [0.25, 0.3) is 0 Å². The highest BCUT2D eigenvalue weighted by molar-refractivity contribution is 5.85. The van der Waals surface area contributed by atoms with Crippen molar-refractivity contribution in [3.63, 3.8) is 0 Å². The lowest BCUT2D eigenvalue weighted by atomic mass is 9.98. The normalized spacial score (nSPS) is 15.0. The van der Waals surface area contributed by atoms with Crippen molar-refractivity contribution in [2.24, 2.45) is 0 Å². The van der Waals surface area contributed by atoms with Crippen molar-refractivity contribution in [3.8, 4) is 0 Å². The van der Waals surface area contributed by atoms with Crippen molar-refractivity contribution >= 4 is 17.9 Å². The molecule has 3 rings (SSSR count). The van der Waals surface area contributed by atoms with Crippen LogP contribution in [0, 0.1) is 0 Å². The number of piperidine rings is 1. The van der Waals surface area contributed by atoms with Crippen molar-refractivity contribution in [2.75, 3.05) is 18.0 Å². The lowest BCUT2D eigenvalue weighted by Crippen LogP contribution is -2.31. The standard InChI is InChI=1S/C18H16F3N3O2/c19-18(20,21)14-4-2-1-3-13(14)11-12-7-9-24(10-8-12)16-6-5-15(17(25)26)22-23-16/h1-6,11H,7-10H2,(H,25,26). The summed E-state index contributed by atoms with van der Waals surface area (Å²) in [6.45, 7) is 1.17. The Balaban J connectivity index is 1.71. The van der Waals surface area contributed by atoms with Crippen LogP contribution in [0.15, 0.2) is 42.0 Å². The molecule has 1 aromatic heterocycles. The van der Waals surface area contributed by atoms with Crippen molar-refractivity contribution in [1.82, 2.24) is 10.2 Å². The zero-order chi connectivity index (χ0) is 18.7. The molecule has 136 valence electrons. The SMILES string of the molecule is O=C(O)c1ccc(N2CCC(=Cc3ccccc3C(F)(F)F)CC2)nn1. The number of carboxylic acid groups (broad SMARTS) is 1. The Morgan fingerprint density at radius 2 is 1.77 bits per heavy atom. The molecule has 2 aromatic rings. The Morgan fingerprint density at radius 1 is 1.08 bits per heavy atom. The summed E-state index contributed by atoms with van der Waals surface area (Å²) in [6.07, 6.45) is -1.56. The number of anilines is 1. The second-order valence-electron chi connectivity index (χ2n) is 5.96. The van der Waals surface area contributed by atoms with Gasteiger partial charge in [-0.1, -0.05) is 29.8 Å². The Hall–Kier alpha value is -2.90. The molecule has 0 aliphatic carbocycles. The van der Waals surface area contributed by atoms with Crippen LogP contribution in [0.25, 0.3) is 6.08 Å². The number of carbonyl (C=O) groups is 1. The number of alkyl halides is 3. The number of aromatic carboxylic acids is 1. The van der Waals surface area contributed by atoms with E-state index in [0.29, 0.717) is 31.7 Å². The number of aromatic nitrogens is 2. The molecule has 1 N–H and O–H groups in total. The van der Waals surface area contributed by atoms with Crippen molar-refractivity contribution in [1.29, 1.82) is 0 Å². The molecule has 8 heteroatoms. The van der Waals surface area contributed by atoms with Crippen LogP contribution >= 0.6 is 0 Å². The summed E-state index contributed by atoms with van der Waals surface area (Å²) < 4.78 is 39.2. The number of nitrogens with zero attached hydrogens (tertiary/aromatic N) is 3. The van der Waals surface area contributed by atoms with Gasteiger partial charge < -0.3 is 10.0 Å². The Bertz CT molecular complexity index is 822. The number of benzene rings is 1. The van der Waals surface area contributed by atoms with E-state index in [-0.39, 0.29) is 11.3 Å². The maximum atomic E-state index is 13.1. The number of halogens is 3. The smallest absolute Gasteiger partial charge is 0.416 e. The second-order valence-corrected chi connectivity index (χ2v) is 5.96. The molecule has 1 aliphatic heterocycles. The first-order chi connectivity index (χ1) is 12.3. The molecule has 0 spiro atoms. The molecule has 1 fully saturated rings. The number of hydrogen-bond donors (Lipinski definition) is 1. The topological polar surface area (TPSA) is 66.3 Å². The molecular weight excluding hydrogens is 347 g/mol. The molecular formula is C18H16F3N3O2. The van der Waals surface area contributed by atoms with Crippen LogP contribution in [-0.4, -0.2) is 34.4 Å². The predicted molar refractivity (Wildman–Crippen MR) is 89.9 cm³/mol. The van der Waals surface area contributed by atoms with Gasteiger partial charge >= 0.3 is 12.1 Å². The van der Waals surface area contributed by atoms with Gasteiger partial charge in [0.15, 0.2) is 11.5 Å².